The lowest BCUT2D eigenvalue weighted by Crippen LogP contribution is -2.43. The van der Waals surface area contributed by atoms with E-state index in [2.05, 4.69) is 10.4 Å². The van der Waals surface area contributed by atoms with Crippen molar-refractivity contribution in [2.75, 3.05) is 19.6 Å². The zero-order valence-electron chi connectivity index (χ0n) is 15.6. The zero-order chi connectivity index (χ0) is 19.3. The third-order valence-corrected chi connectivity index (χ3v) is 4.09. The normalized spacial score (nSPS) is 10.5. The van der Waals surface area contributed by atoms with Gasteiger partial charge in [0.1, 0.15) is 0 Å². The Labute approximate surface area is 153 Å². The largest absolute Gasteiger partial charge is 0.355 e. The van der Waals surface area contributed by atoms with E-state index in [0.29, 0.717) is 17.9 Å². The molecule has 0 atom stereocenters. The number of aryl methyl sites for hydroxylation is 1. The molecule has 1 heterocycles. The first-order chi connectivity index (χ1) is 12.4. The molecular formula is C19H24N4O3. The highest BCUT2D eigenvalue weighted by Crippen LogP contribution is 2.19. The second kappa shape index (κ2) is 8.42. The number of hydrogen-bond donors (Lipinski definition) is 1. The lowest BCUT2D eigenvalue weighted by Gasteiger charge is -2.19. The van der Waals surface area contributed by atoms with Gasteiger partial charge in [-0.1, -0.05) is 18.2 Å². The topological polar surface area (TPSA) is 84.3 Å². The standard InChI is InChI=1S/C19H24N4O3/c1-5-20-16(24)12-22(6-2)19(26)18(25)17-13(3)21-23(14(17)4)15-10-8-7-9-11-15/h7-11H,5-6,12H2,1-4H3,(H,20,24). The van der Waals surface area contributed by atoms with Crippen LogP contribution in [-0.2, 0) is 9.59 Å². The highest BCUT2D eigenvalue weighted by Gasteiger charge is 2.29. The number of benzene rings is 1. The molecule has 1 aromatic carbocycles. The molecule has 7 heteroatoms. The van der Waals surface area contributed by atoms with Crippen LogP contribution in [0.15, 0.2) is 30.3 Å². The van der Waals surface area contributed by atoms with Gasteiger partial charge in [-0.15, -0.1) is 0 Å². The Hall–Kier alpha value is -2.96. The summed E-state index contributed by atoms with van der Waals surface area (Å²) in [6.07, 6.45) is 0. The fourth-order valence-electron chi connectivity index (χ4n) is 2.80. The number of carbonyl (C=O) groups is 3. The Morgan fingerprint density at radius 1 is 1.12 bits per heavy atom. The molecule has 26 heavy (non-hydrogen) atoms. The number of rotatable bonds is 7. The van der Waals surface area contributed by atoms with E-state index in [4.69, 9.17) is 0 Å². The average molecular weight is 356 g/mol. The van der Waals surface area contributed by atoms with E-state index in [1.165, 1.54) is 4.90 Å². The summed E-state index contributed by atoms with van der Waals surface area (Å²) in [5, 5.41) is 7.04. The number of amides is 2. The van der Waals surface area contributed by atoms with Crippen molar-refractivity contribution in [3.63, 3.8) is 0 Å². The highest BCUT2D eigenvalue weighted by molar-refractivity contribution is 6.43. The fraction of sp³-hybridized carbons (Fsp3) is 0.368. The Morgan fingerprint density at radius 3 is 2.35 bits per heavy atom. The summed E-state index contributed by atoms with van der Waals surface area (Å²) in [6, 6.07) is 9.41. The van der Waals surface area contributed by atoms with Gasteiger partial charge in [-0.05, 0) is 39.8 Å². The van der Waals surface area contributed by atoms with Crippen LogP contribution in [0.2, 0.25) is 0 Å². The minimum atomic E-state index is -0.697. The molecule has 0 fully saturated rings. The van der Waals surface area contributed by atoms with Crippen LogP contribution < -0.4 is 5.32 Å². The van der Waals surface area contributed by atoms with E-state index in [9.17, 15) is 14.4 Å². The quantitative estimate of drug-likeness (QED) is 0.604. The molecule has 0 aliphatic rings. The van der Waals surface area contributed by atoms with Crippen LogP contribution in [-0.4, -0.2) is 51.9 Å². The Morgan fingerprint density at radius 2 is 1.77 bits per heavy atom. The molecule has 1 aromatic heterocycles. The summed E-state index contributed by atoms with van der Waals surface area (Å²) in [6.45, 7) is 7.59. The van der Waals surface area contributed by atoms with Crippen molar-refractivity contribution in [1.82, 2.24) is 20.0 Å². The molecule has 0 aliphatic carbocycles. The summed E-state index contributed by atoms with van der Waals surface area (Å²) < 4.78 is 1.65. The van der Waals surface area contributed by atoms with Gasteiger partial charge >= 0.3 is 0 Å². The van der Waals surface area contributed by atoms with Gasteiger partial charge in [-0.3, -0.25) is 14.4 Å². The molecule has 0 bridgehead atoms. The minimum absolute atomic E-state index is 0.139. The van der Waals surface area contributed by atoms with Crippen molar-refractivity contribution >= 4 is 17.6 Å². The second-order valence-corrected chi connectivity index (χ2v) is 5.90. The van der Waals surface area contributed by atoms with Crippen molar-refractivity contribution in [1.29, 1.82) is 0 Å². The molecule has 0 saturated heterocycles. The van der Waals surface area contributed by atoms with Gasteiger partial charge in [0.25, 0.3) is 11.7 Å². The van der Waals surface area contributed by atoms with Gasteiger partial charge in [0.05, 0.1) is 29.2 Å². The number of likely N-dealkylation sites (N-methyl/N-ethyl adjacent to an activating group) is 2. The molecule has 2 aromatic rings. The van der Waals surface area contributed by atoms with Gasteiger partial charge in [0, 0.05) is 13.1 Å². The predicted molar refractivity (Wildman–Crippen MR) is 98.3 cm³/mol. The van der Waals surface area contributed by atoms with Crippen LogP contribution in [0.25, 0.3) is 5.69 Å². The summed E-state index contributed by atoms with van der Waals surface area (Å²) in [5.41, 5.74) is 2.18. The van der Waals surface area contributed by atoms with Gasteiger partial charge < -0.3 is 10.2 Å². The van der Waals surface area contributed by atoms with Crippen molar-refractivity contribution in [3.05, 3.63) is 47.3 Å². The Balaban J connectivity index is 2.30. The first kappa shape index (κ1) is 19.4. The van der Waals surface area contributed by atoms with E-state index in [0.717, 1.165) is 5.69 Å². The smallest absolute Gasteiger partial charge is 0.295 e. The number of ketones is 1. The van der Waals surface area contributed by atoms with E-state index in [1.807, 2.05) is 30.3 Å². The maximum absolute atomic E-state index is 12.8. The van der Waals surface area contributed by atoms with Gasteiger partial charge in [0.15, 0.2) is 0 Å². The van der Waals surface area contributed by atoms with Crippen LogP contribution in [0, 0.1) is 13.8 Å². The number of hydrogen-bond acceptors (Lipinski definition) is 4. The minimum Gasteiger partial charge on any atom is -0.355 e. The fourth-order valence-corrected chi connectivity index (χ4v) is 2.80. The van der Waals surface area contributed by atoms with E-state index in [-0.39, 0.29) is 24.6 Å². The number of aromatic nitrogens is 2. The molecule has 138 valence electrons. The van der Waals surface area contributed by atoms with Crippen molar-refractivity contribution in [2.45, 2.75) is 27.7 Å². The molecule has 0 radical (unpaired) electrons. The predicted octanol–water partition coefficient (Wildman–Crippen LogP) is 1.66. The second-order valence-electron chi connectivity index (χ2n) is 5.90. The molecule has 0 saturated carbocycles. The maximum Gasteiger partial charge on any atom is 0.295 e. The number of carbonyl (C=O) groups excluding carboxylic acids is 3. The zero-order valence-corrected chi connectivity index (χ0v) is 15.6. The monoisotopic (exact) mass is 356 g/mol. The average Bonchev–Trinajstić information content (AvgIpc) is 2.93. The first-order valence-electron chi connectivity index (χ1n) is 8.62. The molecule has 1 N–H and O–H groups in total. The number of nitrogens with zero attached hydrogens (tertiary/aromatic N) is 3. The van der Waals surface area contributed by atoms with Crippen molar-refractivity contribution in [2.24, 2.45) is 0 Å². The van der Waals surface area contributed by atoms with E-state index >= 15 is 0 Å². The third kappa shape index (κ3) is 3.99. The summed E-state index contributed by atoms with van der Waals surface area (Å²) in [4.78, 5) is 38.4. The molecule has 7 nitrogen and oxygen atoms in total. The Bertz CT molecular complexity index is 812. The van der Waals surface area contributed by atoms with Crippen LogP contribution in [0.1, 0.15) is 35.6 Å². The lowest BCUT2D eigenvalue weighted by atomic mass is 10.1. The van der Waals surface area contributed by atoms with Crippen molar-refractivity contribution in [3.8, 4) is 5.69 Å². The summed E-state index contributed by atoms with van der Waals surface area (Å²) in [7, 11) is 0. The summed E-state index contributed by atoms with van der Waals surface area (Å²) >= 11 is 0. The van der Waals surface area contributed by atoms with E-state index < -0.39 is 11.7 Å². The van der Waals surface area contributed by atoms with Crippen LogP contribution in [0.5, 0.6) is 0 Å². The number of para-hydroxylation sites is 1. The van der Waals surface area contributed by atoms with Gasteiger partial charge in [-0.25, -0.2) is 4.68 Å². The third-order valence-electron chi connectivity index (χ3n) is 4.09. The SMILES string of the molecule is CCNC(=O)CN(CC)C(=O)C(=O)c1c(C)nn(-c2ccccc2)c1C. The molecule has 2 amide bonds. The summed E-state index contributed by atoms with van der Waals surface area (Å²) in [5.74, 6) is -1.63. The molecular weight excluding hydrogens is 332 g/mol. The van der Waals surface area contributed by atoms with Crippen molar-refractivity contribution < 1.29 is 14.4 Å². The number of nitrogens with one attached hydrogen (secondary N) is 1. The molecule has 0 unspecified atom stereocenters. The van der Waals surface area contributed by atoms with Crippen LogP contribution in [0.3, 0.4) is 0 Å². The Kier molecular flexibility index (Phi) is 6.27. The first-order valence-corrected chi connectivity index (χ1v) is 8.62. The molecule has 0 aliphatic heterocycles. The number of Topliss-reactive ketones (excluding diaryl/α,β-unsaturated/α-hetero) is 1. The lowest BCUT2D eigenvalue weighted by molar-refractivity contribution is -0.132. The highest BCUT2D eigenvalue weighted by atomic mass is 16.2. The van der Waals surface area contributed by atoms with Gasteiger partial charge in [0.2, 0.25) is 5.91 Å². The van der Waals surface area contributed by atoms with Crippen LogP contribution in [0.4, 0.5) is 0 Å². The maximum atomic E-state index is 12.8. The molecule has 0 spiro atoms. The van der Waals surface area contributed by atoms with E-state index in [1.54, 1.807) is 32.4 Å². The molecule has 2 rings (SSSR count). The van der Waals surface area contributed by atoms with Crippen LogP contribution >= 0.6 is 0 Å². The van der Waals surface area contributed by atoms with Gasteiger partial charge in [-0.2, -0.15) is 5.10 Å².